The molecule has 2 rings (SSSR count). The fourth-order valence-corrected chi connectivity index (χ4v) is 3.83. The lowest BCUT2D eigenvalue weighted by Crippen LogP contribution is -2.47. The van der Waals surface area contributed by atoms with Gasteiger partial charge in [0.1, 0.15) is 6.04 Å². The van der Waals surface area contributed by atoms with Crippen LogP contribution in [0.2, 0.25) is 0 Å². The number of carboxylic acid groups (broad SMARTS) is 1. The van der Waals surface area contributed by atoms with E-state index in [2.05, 4.69) is 0 Å². The molecule has 7 nitrogen and oxygen atoms in total. The van der Waals surface area contributed by atoms with Crippen molar-refractivity contribution in [2.75, 3.05) is 25.9 Å². The normalized spacial score (nSPS) is 25.9. The number of likely N-dealkylation sites (tertiary alicyclic amines) is 1. The Balaban J connectivity index is 1.97. The minimum atomic E-state index is -3.20. The van der Waals surface area contributed by atoms with Gasteiger partial charge in [0.05, 0.1) is 6.26 Å². The lowest BCUT2D eigenvalue weighted by molar-refractivity contribution is -0.150. The molecule has 0 spiro atoms. The van der Waals surface area contributed by atoms with Crippen molar-refractivity contribution in [3.8, 4) is 0 Å². The van der Waals surface area contributed by atoms with Crippen molar-refractivity contribution in [2.24, 2.45) is 5.92 Å². The average Bonchev–Trinajstić information content (AvgIpc) is 2.86. The van der Waals surface area contributed by atoms with Crippen LogP contribution >= 0.6 is 0 Å². The third-order valence-electron chi connectivity index (χ3n) is 4.09. The number of hydrogen-bond donors (Lipinski definition) is 1. The molecule has 0 radical (unpaired) electrons. The molecule has 0 aromatic heterocycles. The van der Waals surface area contributed by atoms with E-state index in [1.807, 2.05) is 0 Å². The summed E-state index contributed by atoms with van der Waals surface area (Å²) in [5.74, 6) is -1.35. The number of carbonyl (C=O) groups is 2. The summed E-state index contributed by atoms with van der Waals surface area (Å²) in [6, 6.07) is -0.713. The van der Waals surface area contributed by atoms with Crippen molar-refractivity contribution in [3.05, 3.63) is 0 Å². The molecule has 1 amide bonds. The van der Waals surface area contributed by atoms with Gasteiger partial charge in [0.15, 0.2) is 0 Å². The first-order valence-electron chi connectivity index (χ1n) is 6.79. The van der Waals surface area contributed by atoms with Crippen molar-refractivity contribution < 1.29 is 23.1 Å². The molecule has 20 heavy (non-hydrogen) atoms. The number of hydrogen-bond acceptors (Lipinski definition) is 4. The van der Waals surface area contributed by atoms with Crippen LogP contribution < -0.4 is 0 Å². The van der Waals surface area contributed by atoms with Crippen LogP contribution in [0.15, 0.2) is 0 Å². The van der Waals surface area contributed by atoms with Gasteiger partial charge >= 0.3 is 5.97 Å². The Hall–Kier alpha value is -1.15. The van der Waals surface area contributed by atoms with Crippen LogP contribution in [0.4, 0.5) is 0 Å². The van der Waals surface area contributed by atoms with Crippen molar-refractivity contribution >= 4 is 21.9 Å². The summed E-state index contributed by atoms with van der Waals surface area (Å²) in [7, 11) is -3.20. The predicted octanol–water partition coefficient (Wildman–Crippen LogP) is -0.266. The van der Waals surface area contributed by atoms with E-state index in [-0.39, 0.29) is 11.8 Å². The largest absolute Gasteiger partial charge is 0.480 e. The molecule has 0 bridgehead atoms. The fraction of sp³-hybridized carbons (Fsp3) is 0.833. The summed E-state index contributed by atoms with van der Waals surface area (Å²) in [4.78, 5) is 24.9. The summed E-state index contributed by atoms with van der Waals surface area (Å²) in [5, 5.41) is 9.10. The van der Waals surface area contributed by atoms with Gasteiger partial charge in [-0.3, -0.25) is 4.79 Å². The number of amides is 1. The molecule has 0 aliphatic carbocycles. The number of sulfonamides is 1. The summed E-state index contributed by atoms with van der Waals surface area (Å²) >= 11 is 0. The summed E-state index contributed by atoms with van der Waals surface area (Å²) in [6.07, 6.45) is 3.31. The maximum Gasteiger partial charge on any atom is 0.326 e. The van der Waals surface area contributed by atoms with E-state index in [1.165, 1.54) is 9.21 Å². The SMILES string of the molecule is CS(=O)(=O)N1CCC(C(=O)N2CCC[C@@H]2C(=O)O)CC1. The van der Waals surface area contributed by atoms with Crippen LogP contribution in [0.25, 0.3) is 0 Å². The van der Waals surface area contributed by atoms with Crippen LogP contribution in [0, 0.1) is 5.92 Å². The molecule has 0 saturated carbocycles. The van der Waals surface area contributed by atoms with Crippen LogP contribution in [-0.4, -0.2) is 66.5 Å². The number of rotatable bonds is 3. The van der Waals surface area contributed by atoms with Crippen molar-refractivity contribution in [2.45, 2.75) is 31.7 Å². The molecule has 114 valence electrons. The first kappa shape index (κ1) is 15.2. The zero-order valence-corrected chi connectivity index (χ0v) is 12.3. The van der Waals surface area contributed by atoms with Gasteiger partial charge in [0, 0.05) is 25.6 Å². The molecule has 2 heterocycles. The minimum absolute atomic E-state index is 0.136. The zero-order valence-electron chi connectivity index (χ0n) is 11.5. The van der Waals surface area contributed by atoms with Gasteiger partial charge in [-0.2, -0.15) is 0 Å². The standard InChI is InChI=1S/C12H20N2O5S/c1-20(18,19)13-7-4-9(5-8-13)11(15)14-6-2-3-10(14)12(16)17/h9-10H,2-8H2,1H3,(H,16,17)/t10-/m1/s1. The third-order valence-corrected chi connectivity index (χ3v) is 5.40. The second-order valence-electron chi connectivity index (χ2n) is 5.46. The molecule has 2 saturated heterocycles. The van der Waals surface area contributed by atoms with Gasteiger partial charge in [-0.1, -0.05) is 0 Å². The third kappa shape index (κ3) is 3.12. The van der Waals surface area contributed by atoms with E-state index in [9.17, 15) is 18.0 Å². The molecular formula is C12H20N2O5S. The molecule has 1 atom stereocenters. The van der Waals surface area contributed by atoms with E-state index < -0.39 is 22.0 Å². The molecule has 2 aliphatic rings. The number of nitrogens with zero attached hydrogens (tertiary/aromatic N) is 2. The number of carboxylic acids is 1. The van der Waals surface area contributed by atoms with E-state index in [0.717, 1.165) is 6.26 Å². The Morgan fingerprint density at radius 1 is 1.10 bits per heavy atom. The van der Waals surface area contributed by atoms with Crippen LogP contribution in [0.1, 0.15) is 25.7 Å². The molecule has 1 N–H and O–H groups in total. The maximum atomic E-state index is 12.4. The Kier molecular flexibility index (Phi) is 4.33. The molecule has 8 heteroatoms. The lowest BCUT2D eigenvalue weighted by Gasteiger charge is -2.32. The average molecular weight is 304 g/mol. The van der Waals surface area contributed by atoms with Crippen molar-refractivity contribution in [1.29, 1.82) is 0 Å². The summed E-state index contributed by atoms with van der Waals surface area (Å²) < 4.78 is 24.2. The molecule has 0 unspecified atom stereocenters. The van der Waals surface area contributed by atoms with E-state index >= 15 is 0 Å². The van der Waals surface area contributed by atoms with Crippen LogP contribution in [0.5, 0.6) is 0 Å². The fourth-order valence-electron chi connectivity index (χ4n) is 2.96. The minimum Gasteiger partial charge on any atom is -0.480 e. The highest BCUT2D eigenvalue weighted by molar-refractivity contribution is 7.88. The highest BCUT2D eigenvalue weighted by Gasteiger charge is 2.38. The zero-order chi connectivity index (χ0) is 14.9. The van der Waals surface area contributed by atoms with E-state index in [4.69, 9.17) is 5.11 Å². The van der Waals surface area contributed by atoms with Crippen LogP contribution in [-0.2, 0) is 19.6 Å². The topological polar surface area (TPSA) is 95.0 Å². The monoisotopic (exact) mass is 304 g/mol. The highest BCUT2D eigenvalue weighted by atomic mass is 32.2. The Morgan fingerprint density at radius 2 is 1.70 bits per heavy atom. The summed E-state index contributed by atoms with van der Waals surface area (Å²) in [5.41, 5.74) is 0. The molecule has 2 fully saturated rings. The van der Waals surface area contributed by atoms with Gasteiger partial charge in [0.2, 0.25) is 15.9 Å². The quantitative estimate of drug-likeness (QED) is 0.774. The Morgan fingerprint density at radius 3 is 2.20 bits per heavy atom. The Bertz CT molecular complexity index is 496. The van der Waals surface area contributed by atoms with Gasteiger partial charge in [0.25, 0.3) is 0 Å². The van der Waals surface area contributed by atoms with E-state index in [1.54, 1.807) is 0 Å². The Labute approximate surface area is 118 Å². The highest BCUT2D eigenvalue weighted by Crippen LogP contribution is 2.26. The van der Waals surface area contributed by atoms with Crippen molar-refractivity contribution in [3.63, 3.8) is 0 Å². The van der Waals surface area contributed by atoms with Gasteiger partial charge in [-0.05, 0) is 25.7 Å². The lowest BCUT2D eigenvalue weighted by atomic mass is 9.96. The number of aliphatic carboxylic acids is 1. The van der Waals surface area contributed by atoms with E-state index in [0.29, 0.717) is 45.3 Å². The first-order chi connectivity index (χ1) is 9.30. The smallest absolute Gasteiger partial charge is 0.326 e. The molecular weight excluding hydrogens is 284 g/mol. The molecule has 0 aromatic carbocycles. The van der Waals surface area contributed by atoms with Gasteiger partial charge in [-0.25, -0.2) is 17.5 Å². The van der Waals surface area contributed by atoms with Gasteiger partial charge < -0.3 is 10.0 Å². The van der Waals surface area contributed by atoms with Crippen molar-refractivity contribution in [1.82, 2.24) is 9.21 Å². The number of carbonyl (C=O) groups excluding carboxylic acids is 1. The second kappa shape index (κ2) is 5.69. The summed E-state index contributed by atoms with van der Waals surface area (Å²) in [6.45, 7) is 1.16. The predicted molar refractivity (Wildman–Crippen MR) is 71.5 cm³/mol. The van der Waals surface area contributed by atoms with Crippen LogP contribution in [0.3, 0.4) is 0 Å². The maximum absolute atomic E-state index is 12.4. The molecule has 2 aliphatic heterocycles. The first-order valence-corrected chi connectivity index (χ1v) is 8.64. The molecule has 0 aromatic rings. The number of piperidine rings is 1. The van der Waals surface area contributed by atoms with Gasteiger partial charge in [-0.15, -0.1) is 0 Å². The second-order valence-corrected chi connectivity index (χ2v) is 7.45.